The van der Waals surface area contributed by atoms with E-state index < -0.39 is 0 Å². The summed E-state index contributed by atoms with van der Waals surface area (Å²) in [6, 6.07) is 0.704. The molecule has 3 nitrogen and oxygen atoms in total. The van der Waals surface area contributed by atoms with Gasteiger partial charge in [0, 0.05) is 19.1 Å². The van der Waals surface area contributed by atoms with E-state index in [1.165, 1.54) is 38.9 Å². The molecule has 0 heterocycles. The van der Waals surface area contributed by atoms with Crippen molar-refractivity contribution in [1.29, 1.82) is 0 Å². The van der Waals surface area contributed by atoms with Crippen LogP contribution in [0.2, 0.25) is 0 Å². The summed E-state index contributed by atoms with van der Waals surface area (Å²) in [4.78, 5) is 4.80. The van der Waals surface area contributed by atoms with Gasteiger partial charge in [0.05, 0.1) is 0 Å². The molecule has 0 aliphatic carbocycles. The summed E-state index contributed by atoms with van der Waals surface area (Å²) >= 11 is 0. The minimum absolute atomic E-state index is 0.704. The Balaban J connectivity index is 3.60. The molecular formula is C14H33N3. The minimum atomic E-state index is 0.704. The average Bonchev–Trinajstić information content (AvgIpc) is 2.32. The van der Waals surface area contributed by atoms with Gasteiger partial charge in [-0.05, 0) is 53.0 Å². The first-order chi connectivity index (χ1) is 8.13. The van der Waals surface area contributed by atoms with Crippen molar-refractivity contribution in [2.75, 3.05) is 46.8 Å². The van der Waals surface area contributed by atoms with E-state index >= 15 is 0 Å². The molecule has 0 aromatic heterocycles. The molecule has 104 valence electrons. The maximum atomic E-state index is 3.63. The van der Waals surface area contributed by atoms with Crippen LogP contribution in [-0.4, -0.2) is 62.7 Å². The van der Waals surface area contributed by atoms with E-state index in [0.717, 1.165) is 13.1 Å². The van der Waals surface area contributed by atoms with Gasteiger partial charge < -0.3 is 15.1 Å². The number of likely N-dealkylation sites (N-methyl/N-ethyl adjacent to an activating group) is 1. The molecule has 0 aliphatic rings. The number of nitrogens with zero attached hydrogens (tertiary/aromatic N) is 2. The standard InChI is InChI=1S/C14H33N3/c1-6-14(7-2)15-10-13-17(8-3)12-9-11-16(4)5/h14-15H,6-13H2,1-5H3. The van der Waals surface area contributed by atoms with E-state index in [2.05, 4.69) is 50.0 Å². The van der Waals surface area contributed by atoms with Crippen LogP contribution in [0.3, 0.4) is 0 Å². The van der Waals surface area contributed by atoms with Gasteiger partial charge in [-0.25, -0.2) is 0 Å². The fourth-order valence-electron chi connectivity index (χ4n) is 2.04. The number of rotatable bonds is 11. The zero-order valence-corrected chi connectivity index (χ0v) is 12.6. The Morgan fingerprint density at radius 3 is 2.06 bits per heavy atom. The Hall–Kier alpha value is -0.120. The minimum Gasteiger partial charge on any atom is -0.313 e. The highest BCUT2D eigenvalue weighted by molar-refractivity contribution is 4.65. The third-order valence-corrected chi connectivity index (χ3v) is 3.37. The lowest BCUT2D eigenvalue weighted by atomic mass is 10.2. The Kier molecular flexibility index (Phi) is 10.9. The average molecular weight is 243 g/mol. The molecular weight excluding hydrogens is 210 g/mol. The van der Waals surface area contributed by atoms with Crippen molar-refractivity contribution in [2.45, 2.75) is 46.1 Å². The quantitative estimate of drug-likeness (QED) is 0.599. The van der Waals surface area contributed by atoms with Crippen molar-refractivity contribution >= 4 is 0 Å². The topological polar surface area (TPSA) is 18.5 Å². The van der Waals surface area contributed by atoms with Gasteiger partial charge in [0.25, 0.3) is 0 Å². The predicted octanol–water partition coefficient (Wildman–Crippen LogP) is 2.04. The molecule has 0 amide bonds. The molecule has 0 aromatic carbocycles. The van der Waals surface area contributed by atoms with E-state index in [4.69, 9.17) is 0 Å². The lowest BCUT2D eigenvalue weighted by Crippen LogP contribution is -2.37. The molecule has 0 saturated heterocycles. The number of hydrogen-bond donors (Lipinski definition) is 1. The highest BCUT2D eigenvalue weighted by Crippen LogP contribution is 1.96. The molecule has 0 spiro atoms. The van der Waals surface area contributed by atoms with Crippen LogP contribution >= 0.6 is 0 Å². The van der Waals surface area contributed by atoms with Gasteiger partial charge in [0.15, 0.2) is 0 Å². The molecule has 0 rings (SSSR count). The monoisotopic (exact) mass is 243 g/mol. The van der Waals surface area contributed by atoms with Crippen LogP contribution in [0.4, 0.5) is 0 Å². The predicted molar refractivity (Wildman–Crippen MR) is 77.7 cm³/mol. The Labute approximate surface area is 109 Å². The molecule has 17 heavy (non-hydrogen) atoms. The van der Waals surface area contributed by atoms with Gasteiger partial charge in [-0.1, -0.05) is 20.8 Å². The van der Waals surface area contributed by atoms with Crippen LogP contribution in [0.25, 0.3) is 0 Å². The summed E-state index contributed by atoms with van der Waals surface area (Å²) in [5.41, 5.74) is 0. The second-order valence-electron chi connectivity index (χ2n) is 5.06. The van der Waals surface area contributed by atoms with Crippen molar-refractivity contribution in [3.8, 4) is 0 Å². The maximum Gasteiger partial charge on any atom is 0.0107 e. The van der Waals surface area contributed by atoms with E-state index in [1.54, 1.807) is 0 Å². The van der Waals surface area contributed by atoms with Crippen LogP contribution in [0.1, 0.15) is 40.0 Å². The van der Waals surface area contributed by atoms with Crippen molar-refractivity contribution < 1.29 is 0 Å². The molecule has 0 aromatic rings. The van der Waals surface area contributed by atoms with Crippen LogP contribution in [0.5, 0.6) is 0 Å². The Morgan fingerprint density at radius 1 is 0.941 bits per heavy atom. The third-order valence-electron chi connectivity index (χ3n) is 3.37. The largest absolute Gasteiger partial charge is 0.313 e. The second-order valence-corrected chi connectivity index (χ2v) is 5.06. The lowest BCUT2D eigenvalue weighted by molar-refractivity contribution is 0.261. The normalized spacial score (nSPS) is 12.0. The van der Waals surface area contributed by atoms with E-state index in [9.17, 15) is 0 Å². The first-order valence-corrected chi connectivity index (χ1v) is 7.24. The van der Waals surface area contributed by atoms with Crippen LogP contribution in [0, 0.1) is 0 Å². The van der Waals surface area contributed by atoms with E-state index in [0.29, 0.717) is 6.04 Å². The van der Waals surface area contributed by atoms with Crippen molar-refractivity contribution in [3.05, 3.63) is 0 Å². The molecule has 0 radical (unpaired) electrons. The summed E-state index contributed by atoms with van der Waals surface area (Å²) in [6.07, 6.45) is 3.75. The summed E-state index contributed by atoms with van der Waals surface area (Å²) in [5, 5.41) is 3.63. The molecule has 1 N–H and O–H groups in total. The van der Waals surface area contributed by atoms with E-state index in [-0.39, 0.29) is 0 Å². The van der Waals surface area contributed by atoms with Gasteiger partial charge in [-0.3, -0.25) is 0 Å². The summed E-state index contributed by atoms with van der Waals surface area (Å²) in [6.45, 7) is 12.7. The zero-order chi connectivity index (χ0) is 13.1. The number of nitrogens with one attached hydrogen (secondary N) is 1. The third kappa shape index (κ3) is 9.57. The van der Waals surface area contributed by atoms with Crippen molar-refractivity contribution in [2.24, 2.45) is 0 Å². The van der Waals surface area contributed by atoms with Gasteiger partial charge in [-0.15, -0.1) is 0 Å². The molecule has 0 saturated carbocycles. The van der Waals surface area contributed by atoms with Crippen LogP contribution < -0.4 is 5.32 Å². The Bertz CT molecular complexity index is 156. The highest BCUT2D eigenvalue weighted by Gasteiger charge is 2.05. The Morgan fingerprint density at radius 2 is 1.59 bits per heavy atom. The van der Waals surface area contributed by atoms with Gasteiger partial charge in [-0.2, -0.15) is 0 Å². The lowest BCUT2D eigenvalue weighted by Gasteiger charge is -2.23. The van der Waals surface area contributed by atoms with E-state index in [1.807, 2.05) is 0 Å². The smallest absolute Gasteiger partial charge is 0.0107 e. The molecule has 3 heteroatoms. The van der Waals surface area contributed by atoms with Crippen molar-refractivity contribution in [3.63, 3.8) is 0 Å². The molecule has 0 unspecified atom stereocenters. The number of hydrogen-bond acceptors (Lipinski definition) is 3. The van der Waals surface area contributed by atoms with Crippen LogP contribution in [-0.2, 0) is 0 Å². The van der Waals surface area contributed by atoms with Gasteiger partial charge >= 0.3 is 0 Å². The SMILES string of the molecule is CCC(CC)NCCN(CC)CCCN(C)C. The summed E-state index contributed by atoms with van der Waals surface area (Å²) < 4.78 is 0. The summed E-state index contributed by atoms with van der Waals surface area (Å²) in [5.74, 6) is 0. The molecule has 0 fully saturated rings. The zero-order valence-electron chi connectivity index (χ0n) is 12.6. The van der Waals surface area contributed by atoms with Crippen LogP contribution in [0.15, 0.2) is 0 Å². The van der Waals surface area contributed by atoms with Crippen molar-refractivity contribution in [1.82, 2.24) is 15.1 Å². The highest BCUT2D eigenvalue weighted by atomic mass is 15.1. The fraction of sp³-hybridized carbons (Fsp3) is 1.00. The second kappa shape index (κ2) is 11.0. The summed E-state index contributed by atoms with van der Waals surface area (Å²) in [7, 11) is 4.29. The van der Waals surface area contributed by atoms with Gasteiger partial charge in [0.2, 0.25) is 0 Å². The molecule has 0 aliphatic heterocycles. The first-order valence-electron chi connectivity index (χ1n) is 7.24. The molecule has 0 bridgehead atoms. The maximum absolute atomic E-state index is 3.63. The fourth-order valence-corrected chi connectivity index (χ4v) is 2.04. The molecule has 0 atom stereocenters. The van der Waals surface area contributed by atoms with Gasteiger partial charge in [0.1, 0.15) is 0 Å². The first kappa shape index (κ1) is 16.9.